The van der Waals surface area contributed by atoms with E-state index in [9.17, 15) is 4.79 Å². The molecule has 0 aliphatic carbocycles. The Morgan fingerprint density at radius 1 is 0.862 bits per heavy atom. The molecule has 0 unspecified atom stereocenters. The summed E-state index contributed by atoms with van der Waals surface area (Å²) in [5.74, 6) is 0.753. The third-order valence-electron chi connectivity index (χ3n) is 5.37. The maximum atomic E-state index is 13.0. The van der Waals surface area contributed by atoms with Crippen LogP contribution in [0.4, 0.5) is 5.95 Å². The molecule has 1 saturated heterocycles. The molecule has 1 aromatic carbocycles. The molecule has 6 heteroatoms. The highest BCUT2D eigenvalue weighted by molar-refractivity contribution is 5.94. The first kappa shape index (κ1) is 19.1. The second-order valence-corrected chi connectivity index (χ2v) is 7.38. The number of rotatable bonds is 3. The summed E-state index contributed by atoms with van der Waals surface area (Å²) in [6.45, 7) is 7.11. The van der Waals surface area contributed by atoms with E-state index in [1.165, 1.54) is 11.1 Å². The van der Waals surface area contributed by atoms with Crippen molar-refractivity contribution >= 4 is 11.9 Å². The maximum absolute atomic E-state index is 13.0. The van der Waals surface area contributed by atoms with Crippen LogP contribution in [0.3, 0.4) is 0 Å². The van der Waals surface area contributed by atoms with Gasteiger partial charge in [-0.15, -0.1) is 0 Å². The first-order chi connectivity index (χ1) is 14.1. The smallest absolute Gasteiger partial charge is 0.255 e. The lowest BCUT2D eigenvalue weighted by Gasteiger charge is -2.22. The van der Waals surface area contributed by atoms with Gasteiger partial charge in [0.1, 0.15) is 0 Å². The van der Waals surface area contributed by atoms with Crippen LogP contribution in [0.1, 0.15) is 27.9 Å². The average Bonchev–Trinajstić information content (AvgIpc) is 3.01. The van der Waals surface area contributed by atoms with Gasteiger partial charge >= 0.3 is 0 Å². The van der Waals surface area contributed by atoms with Gasteiger partial charge in [-0.1, -0.05) is 18.2 Å². The number of amides is 1. The third kappa shape index (κ3) is 4.11. The molecule has 1 amide bonds. The first-order valence-corrected chi connectivity index (χ1v) is 9.97. The molecule has 2 aromatic heterocycles. The Labute approximate surface area is 171 Å². The van der Waals surface area contributed by atoms with Crippen LogP contribution in [0.5, 0.6) is 0 Å². The number of aromatic nitrogens is 3. The third-order valence-corrected chi connectivity index (χ3v) is 5.37. The van der Waals surface area contributed by atoms with E-state index in [1.807, 2.05) is 23.1 Å². The molecule has 148 valence electrons. The number of nitrogens with zero attached hydrogens (tertiary/aromatic N) is 5. The molecule has 1 fully saturated rings. The molecule has 4 rings (SSSR count). The Morgan fingerprint density at radius 3 is 2.31 bits per heavy atom. The molecule has 6 nitrogen and oxygen atoms in total. The second-order valence-electron chi connectivity index (χ2n) is 7.38. The standard InChI is InChI=1S/C23H25N5O/c1-17-6-3-7-18(2)21(17)20-9-8-19(16-26-20)22(29)27-12-5-13-28(15-14-27)23-24-10-4-11-25-23/h3-4,6-11,16H,5,12-15H2,1-2H3. The minimum Gasteiger partial charge on any atom is -0.339 e. The highest BCUT2D eigenvalue weighted by atomic mass is 16.2. The van der Waals surface area contributed by atoms with Crippen molar-refractivity contribution in [1.82, 2.24) is 19.9 Å². The van der Waals surface area contributed by atoms with Gasteiger partial charge in [-0.3, -0.25) is 9.78 Å². The Morgan fingerprint density at radius 2 is 1.62 bits per heavy atom. The molecule has 1 aliphatic rings. The maximum Gasteiger partial charge on any atom is 0.255 e. The van der Waals surface area contributed by atoms with Crippen molar-refractivity contribution in [2.45, 2.75) is 20.3 Å². The van der Waals surface area contributed by atoms with Gasteiger partial charge in [0.05, 0.1) is 11.3 Å². The van der Waals surface area contributed by atoms with E-state index < -0.39 is 0 Å². The molecule has 29 heavy (non-hydrogen) atoms. The zero-order valence-electron chi connectivity index (χ0n) is 16.9. The average molecular weight is 387 g/mol. The van der Waals surface area contributed by atoms with E-state index in [0.717, 1.165) is 43.3 Å². The Bertz CT molecular complexity index is 968. The van der Waals surface area contributed by atoms with E-state index in [2.05, 4.69) is 51.9 Å². The number of pyridine rings is 1. The number of anilines is 1. The molecule has 0 bridgehead atoms. The van der Waals surface area contributed by atoms with Crippen molar-refractivity contribution in [1.29, 1.82) is 0 Å². The second kappa shape index (κ2) is 8.39. The normalized spacial score (nSPS) is 14.6. The predicted octanol–water partition coefficient (Wildman–Crippen LogP) is 3.51. The largest absolute Gasteiger partial charge is 0.339 e. The predicted molar refractivity (Wildman–Crippen MR) is 114 cm³/mol. The molecule has 3 aromatic rings. The van der Waals surface area contributed by atoms with Gasteiger partial charge in [-0.05, 0) is 49.6 Å². The fourth-order valence-corrected chi connectivity index (χ4v) is 3.84. The van der Waals surface area contributed by atoms with Gasteiger partial charge in [0, 0.05) is 50.3 Å². The fourth-order valence-electron chi connectivity index (χ4n) is 3.84. The fraction of sp³-hybridized carbons (Fsp3) is 0.304. The molecule has 0 saturated carbocycles. The zero-order chi connectivity index (χ0) is 20.2. The molecular formula is C23H25N5O. The minimum atomic E-state index is 0.0291. The number of hydrogen-bond acceptors (Lipinski definition) is 5. The van der Waals surface area contributed by atoms with Crippen molar-refractivity contribution in [3.63, 3.8) is 0 Å². The van der Waals surface area contributed by atoms with Crippen molar-refractivity contribution in [3.05, 3.63) is 71.7 Å². The van der Waals surface area contributed by atoms with Gasteiger partial charge in [-0.2, -0.15) is 0 Å². The molecule has 0 spiro atoms. The van der Waals surface area contributed by atoms with Crippen molar-refractivity contribution < 1.29 is 4.79 Å². The van der Waals surface area contributed by atoms with Crippen LogP contribution in [0.25, 0.3) is 11.3 Å². The van der Waals surface area contributed by atoms with E-state index in [0.29, 0.717) is 12.1 Å². The Balaban J connectivity index is 1.47. The molecule has 1 aliphatic heterocycles. The van der Waals surface area contributed by atoms with E-state index in [-0.39, 0.29) is 5.91 Å². The summed E-state index contributed by atoms with van der Waals surface area (Å²) < 4.78 is 0. The summed E-state index contributed by atoms with van der Waals surface area (Å²) in [5.41, 5.74) is 5.05. The summed E-state index contributed by atoms with van der Waals surface area (Å²) in [7, 11) is 0. The van der Waals surface area contributed by atoms with Crippen molar-refractivity contribution in [2.75, 3.05) is 31.1 Å². The van der Waals surface area contributed by atoms with Crippen LogP contribution in [0.15, 0.2) is 55.0 Å². The summed E-state index contributed by atoms with van der Waals surface area (Å²) in [4.78, 5) is 30.3. The van der Waals surface area contributed by atoms with Crippen LogP contribution in [0.2, 0.25) is 0 Å². The lowest BCUT2D eigenvalue weighted by Crippen LogP contribution is -2.35. The van der Waals surface area contributed by atoms with Gasteiger partial charge in [0.15, 0.2) is 0 Å². The SMILES string of the molecule is Cc1cccc(C)c1-c1ccc(C(=O)N2CCCN(c3ncccn3)CC2)cn1. The summed E-state index contributed by atoms with van der Waals surface area (Å²) in [6.07, 6.45) is 6.09. The molecule has 0 N–H and O–H groups in total. The van der Waals surface area contributed by atoms with Gasteiger partial charge in [0.25, 0.3) is 5.91 Å². The number of aryl methyl sites for hydroxylation is 2. The summed E-state index contributed by atoms with van der Waals surface area (Å²) >= 11 is 0. The summed E-state index contributed by atoms with van der Waals surface area (Å²) in [6, 6.07) is 11.9. The molecular weight excluding hydrogens is 362 g/mol. The van der Waals surface area contributed by atoms with Crippen LogP contribution in [0, 0.1) is 13.8 Å². The Kier molecular flexibility index (Phi) is 5.51. The van der Waals surface area contributed by atoms with Crippen LogP contribution >= 0.6 is 0 Å². The first-order valence-electron chi connectivity index (χ1n) is 9.97. The molecule has 0 radical (unpaired) electrons. The van der Waals surface area contributed by atoms with Gasteiger partial charge < -0.3 is 9.80 Å². The van der Waals surface area contributed by atoms with Crippen molar-refractivity contribution in [3.8, 4) is 11.3 Å². The van der Waals surface area contributed by atoms with Gasteiger partial charge in [-0.25, -0.2) is 9.97 Å². The van der Waals surface area contributed by atoms with E-state index in [1.54, 1.807) is 18.6 Å². The number of carbonyl (C=O) groups is 1. The lowest BCUT2D eigenvalue weighted by atomic mass is 9.99. The number of carbonyl (C=O) groups excluding carboxylic acids is 1. The van der Waals surface area contributed by atoms with Crippen LogP contribution in [-0.4, -0.2) is 51.9 Å². The highest BCUT2D eigenvalue weighted by Crippen LogP contribution is 2.25. The number of benzene rings is 1. The molecule has 0 atom stereocenters. The Hall–Kier alpha value is -3.28. The highest BCUT2D eigenvalue weighted by Gasteiger charge is 2.22. The monoisotopic (exact) mass is 387 g/mol. The van der Waals surface area contributed by atoms with E-state index in [4.69, 9.17) is 0 Å². The summed E-state index contributed by atoms with van der Waals surface area (Å²) in [5, 5.41) is 0. The number of hydrogen-bond donors (Lipinski definition) is 0. The zero-order valence-corrected chi connectivity index (χ0v) is 16.9. The quantitative estimate of drug-likeness (QED) is 0.688. The lowest BCUT2D eigenvalue weighted by molar-refractivity contribution is 0.0766. The minimum absolute atomic E-state index is 0.0291. The van der Waals surface area contributed by atoms with Crippen molar-refractivity contribution in [2.24, 2.45) is 0 Å². The van der Waals surface area contributed by atoms with Crippen LogP contribution < -0.4 is 4.90 Å². The topological polar surface area (TPSA) is 62.2 Å². The van der Waals surface area contributed by atoms with Gasteiger partial charge in [0.2, 0.25) is 5.95 Å². The van der Waals surface area contributed by atoms with E-state index >= 15 is 0 Å². The molecule has 3 heterocycles. The van der Waals surface area contributed by atoms with Crippen LogP contribution in [-0.2, 0) is 0 Å².